The maximum Gasteiger partial charge on any atom is 0.122 e. The van der Waals surface area contributed by atoms with E-state index in [1.54, 1.807) is 0 Å². The Hall–Kier alpha value is -1.06. The van der Waals surface area contributed by atoms with Crippen molar-refractivity contribution in [3.05, 3.63) is 0 Å². The fraction of sp³-hybridized carbons (Fsp3) is 0.833. The smallest absolute Gasteiger partial charge is 0.122 e. The standard InChI is InChI=1S/C12H21N3O/c1-8(2)12-13-7-10(14-12)6-9(3)11-4-5-16-15-11/h8-10H,4-7H2,1-3H3,(H,13,14). The Morgan fingerprint density at radius 1 is 1.44 bits per heavy atom. The molecule has 90 valence electrons. The van der Waals surface area contributed by atoms with Gasteiger partial charge in [0, 0.05) is 18.4 Å². The van der Waals surface area contributed by atoms with Crippen LogP contribution in [0.4, 0.5) is 0 Å². The molecule has 2 aliphatic rings. The van der Waals surface area contributed by atoms with E-state index in [-0.39, 0.29) is 0 Å². The van der Waals surface area contributed by atoms with Gasteiger partial charge in [-0.15, -0.1) is 0 Å². The fourth-order valence-electron chi connectivity index (χ4n) is 2.22. The molecule has 4 nitrogen and oxygen atoms in total. The molecule has 0 aliphatic carbocycles. The molecule has 2 aliphatic heterocycles. The summed E-state index contributed by atoms with van der Waals surface area (Å²) in [5.41, 5.74) is 1.21. The molecule has 0 saturated carbocycles. The molecule has 0 fully saturated rings. The second-order valence-electron chi connectivity index (χ2n) is 5.02. The van der Waals surface area contributed by atoms with E-state index in [4.69, 9.17) is 4.84 Å². The second kappa shape index (κ2) is 4.85. The molecule has 2 rings (SSSR count). The highest BCUT2D eigenvalue weighted by atomic mass is 16.6. The van der Waals surface area contributed by atoms with Crippen LogP contribution in [0.5, 0.6) is 0 Å². The zero-order valence-electron chi connectivity index (χ0n) is 10.4. The highest BCUT2D eigenvalue weighted by Crippen LogP contribution is 2.17. The van der Waals surface area contributed by atoms with Crippen molar-refractivity contribution in [1.29, 1.82) is 0 Å². The summed E-state index contributed by atoms with van der Waals surface area (Å²) in [7, 11) is 0. The molecule has 0 spiro atoms. The molecule has 1 N–H and O–H groups in total. The van der Waals surface area contributed by atoms with E-state index in [9.17, 15) is 0 Å². The van der Waals surface area contributed by atoms with Crippen LogP contribution in [-0.4, -0.2) is 30.7 Å². The maximum atomic E-state index is 5.04. The average molecular weight is 223 g/mol. The van der Waals surface area contributed by atoms with Gasteiger partial charge in [-0.25, -0.2) is 0 Å². The first kappa shape index (κ1) is 11.4. The van der Waals surface area contributed by atoms with Crippen LogP contribution >= 0.6 is 0 Å². The number of rotatable bonds is 4. The van der Waals surface area contributed by atoms with E-state index in [0.29, 0.717) is 17.9 Å². The van der Waals surface area contributed by atoms with Crippen molar-refractivity contribution < 1.29 is 4.84 Å². The van der Waals surface area contributed by atoms with Crippen molar-refractivity contribution in [2.45, 2.75) is 39.7 Å². The summed E-state index contributed by atoms with van der Waals surface area (Å²) in [6.07, 6.45) is 2.09. The van der Waals surface area contributed by atoms with Crippen molar-refractivity contribution in [3.63, 3.8) is 0 Å². The summed E-state index contributed by atoms with van der Waals surface area (Å²) in [5, 5.41) is 7.58. The van der Waals surface area contributed by atoms with Crippen molar-refractivity contribution >= 4 is 11.5 Å². The Morgan fingerprint density at radius 3 is 2.81 bits per heavy atom. The molecule has 0 aromatic rings. The van der Waals surface area contributed by atoms with Crippen LogP contribution in [0.3, 0.4) is 0 Å². The molecule has 4 heteroatoms. The van der Waals surface area contributed by atoms with Gasteiger partial charge in [-0.1, -0.05) is 25.9 Å². The molecule has 0 amide bonds. The topological polar surface area (TPSA) is 46.0 Å². The Balaban J connectivity index is 1.80. The van der Waals surface area contributed by atoms with Gasteiger partial charge in [-0.05, 0) is 12.3 Å². The van der Waals surface area contributed by atoms with Crippen LogP contribution in [0.25, 0.3) is 0 Å². The van der Waals surface area contributed by atoms with Gasteiger partial charge in [0.1, 0.15) is 6.61 Å². The summed E-state index contributed by atoms with van der Waals surface area (Å²) in [5.74, 6) is 2.16. The number of nitrogens with zero attached hydrogens (tertiary/aromatic N) is 2. The third-order valence-corrected chi connectivity index (χ3v) is 3.22. The lowest BCUT2D eigenvalue weighted by molar-refractivity contribution is 0.173. The van der Waals surface area contributed by atoms with E-state index >= 15 is 0 Å². The first-order valence-corrected chi connectivity index (χ1v) is 6.16. The molecule has 16 heavy (non-hydrogen) atoms. The summed E-state index contributed by atoms with van der Waals surface area (Å²) in [4.78, 5) is 9.57. The molecule has 0 aromatic carbocycles. The van der Waals surface area contributed by atoms with Crippen LogP contribution in [0.15, 0.2) is 10.1 Å². The zero-order chi connectivity index (χ0) is 11.5. The monoisotopic (exact) mass is 223 g/mol. The maximum absolute atomic E-state index is 5.04. The number of aliphatic imine (C=N–C) groups is 1. The van der Waals surface area contributed by atoms with Gasteiger partial charge in [0.15, 0.2) is 0 Å². The second-order valence-corrected chi connectivity index (χ2v) is 5.02. The quantitative estimate of drug-likeness (QED) is 0.790. The van der Waals surface area contributed by atoms with Crippen LogP contribution < -0.4 is 5.32 Å². The molecule has 2 atom stereocenters. The number of hydrogen-bond donors (Lipinski definition) is 1. The van der Waals surface area contributed by atoms with Gasteiger partial charge in [0.05, 0.1) is 18.1 Å². The normalized spacial score (nSPS) is 26.1. The fourth-order valence-corrected chi connectivity index (χ4v) is 2.22. The molecule has 0 saturated heterocycles. The van der Waals surface area contributed by atoms with Crippen molar-refractivity contribution in [3.8, 4) is 0 Å². The molecule has 0 aromatic heterocycles. The van der Waals surface area contributed by atoms with E-state index in [0.717, 1.165) is 31.8 Å². The average Bonchev–Trinajstić information content (AvgIpc) is 2.87. The minimum absolute atomic E-state index is 0.482. The van der Waals surface area contributed by atoms with Crippen molar-refractivity contribution in [2.75, 3.05) is 13.2 Å². The largest absolute Gasteiger partial charge is 0.395 e. The van der Waals surface area contributed by atoms with Gasteiger partial charge in [0.2, 0.25) is 0 Å². The van der Waals surface area contributed by atoms with E-state index in [2.05, 4.69) is 36.2 Å². The van der Waals surface area contributed by atoms with Gasteiger partial charge in [-0.2, -0.15) is 0 Å². The van der Waals surface area contributed by atoms with Crippen LogP contribution in [0.1, 0.15) is 33.6 Å². The molecule has 0 radical (unpaired) electrons. The predicted octanol–water partition coefficient (Wildman–Crippen LogP) is 1.82. The summed E-state index contributed by atoms with van der Waals surface area (Å²) in [6, 6.07) is 0.482. The Morgan fingerprint density at radius 2 is 2.25 bits per heavy atom. The van der Waals surface area contributed by atoms with E-state index < -0.39 is 0 Å². The third-order valence-electron chi connectivity index (χ3n) is 3.22. The minimum atomic E-state index is 0.482. The predicted molar refractivity (Wildman–Crippen MR) is 65.8 cm³/mol. The highest BCUT2D eigenvalue weighted by molar-refractivity contribution is 5.88. The molecular weight excluding hydrogens is 202 g/mol. The lowest BCUT2D eigenvalue weighted by atomic mass is 9.95. The lowest BCUT2D eigenvalue weighted by Gasteiger charge is -2.17. The zero-order valence-corrected chi connectivity index (χ0v) is 10.4. The van der Waals surface area contributed by atoms with Crippen molar-refractivity contribution in [2.24, 2.45) is 22.0 Å². The van der Waals surface area contributed by atoms with E-state index in [1.165, 1.54) is 5.71 Å². The van der Waals surface area contributed by atoms with Crippen LogP contribution in [0, 0.1) is 11.8 Å². The number of amidine groups is 1. The number of oxime groups is 1. The van der Waals surface area contributed by atoms with Gasteiger partial charge in [0.25, 0.3) is 0 Å². The minimum Gasteiger partial charge on any atom is -0.395 e. The highest BCUT2D eigenvalue weighted by Gasteiger charge is 2.24. The first-order valence-electron chi connectivity index (χ1n) is 6.16. The number of hydrogen-bond acceptors (Lipinski definition) is 4. The van der Waals surface area contributed by atoms with Crippen LogP contribution in [-0.2, 0) is 4.84 Å². The van der Waals surface area contributed by atoms with Gasteiger partial charge < -0.3 is 10.2 Å². The Kier molecular flexibility index (Phi) is 3.46. The summed E-state index contributed by atoms with van der Waals surface area (Å²) < 4.78 is 0. The Labute approximate surface area is 97.2 Å². The number of nitrogens with one attached hydrogen (secondary N) is 1. The Bertz CT molecular complexity index is 309. The third kappa shape index (κ3) is 2.54. The van der Waals surface area contributed by atoms with Gasteiger partial charge in [-0.3, -0.25) is 4.99 Å². The molecule has 0 bridgehead atoms. The van der Waals surface area contributed by atoms with Crippen LogP contribution in [0.2, 0.25) is 0 Å². The first-order chi connectivity index (χ1) is 7.66. The SMILES string of the molecule is CC(C)C1=NCC(CC(C)C2=NOCC2)N1. The van der Waals surface area contributed by atoms with Crippen molar-refractivity contribution in [1.82, 2.24) is 5.32 Å². The van der Waals surface area contributed by atoms with E-state index in [1.807, 2.05) is 0 Å². The van der Waals surface area contributed by atoms with Gasteiger partial charge >= 0.3 is 0 Å². The summed E-state index contributed by atoms with van der Waals surface area (Å²) in [6.45, 7) is 8.24. The molecule has 2 unspecified atom stereocenters. The summed E-state index contributed by atoms with van der Waals surface area (Å²) >= 11 is 0. The lowest BCUT2D eigenvalue weighted by Crippen LogP contribution is -2.35. The molecular formula is C12H21N3O. The molecule has 2 heterocycles.